The standard InChI is InChI=1S/C11H15N3O2/c1-4-16-8-9-7-12-11(13-10(1)9)14-2-5-15-6-3-14/h7H,1-6,8H2. The Morgan fingerprint density at radius 2 is 2.00 bits per heavy atom. The third-order valence-corrected chi connectivity index (χ3v) is 2.98. The van der Waals surface area contributed by atoms with Gasteiger partial charge in [-0.3, -0.25) is 0 Å². The predicted octanol–water partition coefficient (Wildman–Crippen LogP) is 0.386. The van der Waals surface area contributed by atoms with E-state index in [9.17, 15) is 0 Å². The van der Waals surface area contributed by atoms with Gasteiger partial charge in [0.25, 0.3) is 0 Å². The zero-order valence-electron chi connectivity index (χ0n) is 9.19. The van der Waals surface area contributed by atoms with Crippen molar-refractivity contribution in [1.82, 2.24) is 9.97 Å². The molecule has 0 atom stereocenters. The van der Waals surface area contributed by atoms with Crippen LogP contribution >= 0.6 is 0 Å². The summed E-state index contributed by atoms with van der Waals surface area (Å²) in [4.78, 5) is 11.2. The molecule has 1 saturated heterocycles. The van der Waals surface area contributed by atoms with E-state index >= 15 is 0 Å². The molecule has 1 aromatic rings. The molecular formula is C11H15N3O2. The van der Waals surface area contributed by atoms with Crippen LogP contribution in [0, 0.1) is 0 Å². The molecule has 0 unspecified atom stereocenters. The van der Waals surface area contributed by atoms with Crippen molar-refractivity contribution in [2.45, 2.75) is 13.0 Å². The van der Waals surface area contributed by atoms with Crippen LogP contribution in [0.4, 0.5) is 5.95 Å². The molecule has 0 N–H and O–H groups in total. The predicted molar refractivity (Wildman–Crippen MR) is 58.4 cm³/mol. The topological polar surface area (TPSA) is 47.5 Å². The molecule has 0 bridgehead atoms. The molecule has 0 aromatic carbocycles. The van der Waals surface area contributed by atoms with E-state index in [1.165, 1.54) is 0 Å². The molecule has 3 rings (SSSR count). The first-order valence-corrected chi connectivity index (χ1v) is 5.69. The summed E-state index contributed by atoms with van der Waals surface area (Å²) in [7, 11) is 0. The van der Waals surface area contributed by atoms with E-state index in [0.717, 1.165) is 56.5 Å². The fraction of sp³-hybridized carbons (Fsp3) is 0.636. The largest absolute Gasteiger partial charge is 0.378 e. The minimum Gasteiger partial charge on any atom is -0.378 e. The maximum atomic E-state index is 5.37. The third kappa shape index (κ3) is 1.88. The Kier molecular flexibility index (Phi) is 2.71. The average Bonchev–Trinajstić information content (AvgIpc) is 2.39. The molecule has 16 heavy (non-hydrogen) atoms. The number of nitrogens with zero attached hydrogens (tertiary/aromatic N) is 3. The molecule has 0 spiro atoms. The highest BCUT2D eigenvalue weighted by Gasteiger charge is 2.17. The van der Waals surface area contributed by atoms with Gasteiger partial charge in [0.05, 0.1) is 32.1 Å². The molecule has 2 aliphatic heterocycles. The van der Waals surface area contributed by atoms with Gasteiger partial charge in [-0.1, -0.05) is 0 Å². The third-order valence-electron chi connectivity index (χ3n) is 2.98. The number of ether oxygens (including phenoxy) is 2. The van der Waals surface area contributed by atoms with Crippen LogP contribution in [0.5, 0.6) is 0 Å². The first-order valence-electron chi connectivity index (χ1n) is 5.69. The highest BCUT2D eigenvalue weighted by Crippen LogP contribution is 2.17. The lowest BCUT2D eigenvalue weighted by atomic mass is 10.1. The molecule has 86 valence electrons. The quantitative estimate of drug-likeness (QED) is 0.686. The van der Waals surface area contributed by atoms with E-state index in [-0.39, 0.29) is 0 Å². The highest BCUT2D eigenvalue weighted by atomic mass is 16.5. The molecule has 0 saturated carbocycles. The minimum absolute atomic E-state index is 0.652. The molecule has 5 nitrogen and oxygen atoms in total. The fourth-order valence-corrected chi connectivity index (χ4v) is 2.04. The van der Waals surface area contributed by atoms with Crippen LogP contribution in [0.2, 0.25) is 0 Å². The SMILES string of the molecule is c1nc(N2CCOCC2)nc2c1COCC2. The summed E-state index contributed by atoms with van der Waals surface area (Å²) in [6, 6.07) is 0. The normalized spacial score (nSPS) is 20.6. The lowest BCUT2D eigenvalue weighted by Crippen LogP contribution is -2.37. The average molecular weight is 221 g/mol. The van der Waals surface area contributed by atoms with Crippen LogP contribution in [0.3, 0.4) is 0 Å². The van der Waals surface area contributed by atoms with Crippen LogP contribution in [0.25, 0.3) is 0 Å². The Morgan fingerprint density at radius 3 is 2.88 bits per heavy atom. The van der Waals surface area contributed by atoms with Gasteiger partial charge in [-0.15, -0.1) is 0 Å². The van der Waals surface area contributed by atoms with E-state index < -0.39 is 0 Å². The Bertz CT molecular complexity index is 377. The Morgan fingerprint density at radius 1 is 1.12 bits per heavy atom. The number of morpholine rings is 1. The molecule has 1 aromatic heterocycles. The van der Waals surface area contributed by atoms with Gasteiger partial charge in [0, 0.05) is 31.3 Å². The van der Waals surface area contributed by atoms with E-state index in [1.54, 1.807) is 0 Å². The molecule has 5 heteroatoms. The zero-order valence-corrected chi connectivity index (χ0v) is 9.19. The first-order chi connectivity index (χ1) is 7.93. The van der Waals surface area contributed by atoms with Gasteiger partial charge in [-0.05, 0) is 0 Å². The zero-order chi connectivity index (χ0) is 10.8. The number of rotatable bonds is 1. The van der Waals surface area contributed by atoms with Gasteiger partial charge in [0.15, 0.2) is 0 Å². The van der Waals surface area contributed by atoms with Crippen LogP contribution in [0.15, 0.2) is 6.20 Å². The van der Waals surface area contributed by atoms with Gasteiger partial charge in [-0.25, -0.2) is 9.97 Å². The van der Waals surface area contributed by atoms with Crippen LogP contribution in [-0.2, 0) is 22.5 Å². The lowest BCUT2D eigenvalue weighted by molar-refractivity contribution is 0.108. The van der Waals surface area contributed by atoms with Crippen molar-refractivity contribution in [2.24, 2.45) is 0 Å². The van der Waals surface area contributed by atoms with Crippen molar-refractivity contribution >= 4 is 5.95 Å². The maximum Gasteiger partial charge on any atom is 0.225 e. The summed E-state index contributed by atoms with van der Waals surface area (Å²) in [5.74, 6) is 0.837. The van der Waals surface area contributed by atoms with E-state index in [1.807, 2.05) is 6.20 Å². The van der Waals surface area contributed by atoms with E-state index in [0.29, 0.717) is 6.61 Å². The van der Waals surface area contributed by atoms with E-state index in [4.69, 9.17) is 9.47 Å². The molecule has 0 aliphatic carbocycles. The Labute approximate surface area is 94.4 Å². The number of hydrogen-bond acceptors (Lipinski definition) is 5. The van der Waals surface area contributed by atoms with E-state index in [2.05, 4.69) is 14.9 Å². The second-order valence-electron chi connectivity index (χ2n) is 4.04. The smallest absolute Gasteiger partial charge is 0.225 e. The second-order valence-corrected chi connectivity index (χ2v) is 4.04. The number of anilines is 1. The monoisotopic (exact) mass is 221 g/mol. The van der Waals surface area contributed by atoms with Crippen molar-refractivity contribution < 1.29 is 9.47 Å². The van der Waals surface area contributed by atoms with Crippen molar-refractivity contribution in [3.05, 3.63) is 17.5 Å². The molecule has 0 radical (unpaired) electrons. The Balaban J connectivity index is 1.84. The minimum atomic E-state index is 0.652. The molecule has 0 amide bonds. The second kappa shape index (κ2) is 4.35. The molecule has 1 fully saturated rings. The summed E-state index contributed by atoms with van der Waals surface area (Å²) in [5.41, 5.74) is 2.27. The molecule has 3 heterocycles. The maximum absolute atomic E-state index is 5.37. The highest BCUT2D eigenvalue weighted by molar-refractivity contribution is 5.34. The number of aromatic nitrogens is 2. The number of hydrogen-bond donors (Lipinski definition) is 0. The van der Waals surface area contributed by atoms with Crippen LogP contribution in [0.1, 0.15) is 11.3 Å². The van der Waals surface area contributed by atoms with Gasteiger partial charge < -0.3 is 14.4 Å². The van der Waals surface area contributed by atoms with Gasteiger partial charge >= 0.3 is 0 Å². The summed E-state index contributed by atoms with van der Waals surface area (Å²) >= 11 is 0. The van der Waals surface area contributed by atoms with Crippen molar-refractivity contribution in [1.29, 1.82) is 0 Å². The molecular weight excluding hydrogens is 206 g/mol. The lowest BCUT2D eigenvalue weighted by Gasteiger charge is -2.27. The van der Waals surface area contributed by atoms with Crippen molar-refractivity contribution in [2.75, 3.05) is 37.8 Å². The fourth-order valence-electron chi connectivity index (χ4n) is 2.04. The van der Waals surface area contributed by atoms with Gasteiger partial charge in [0.1, 0.15) is 0 Å². The first kappa shape index (κ1) is 9.99. The number of fused-ring (bicyclic) bond motifs is 1. The van der Waals surface area contributed by atoms with Crippen molar-refractivity contribution in [3.63, 3.8) is 0 Å². The Hall–Kier alpha value is -1.20. The summed E-state index contributed by atoms with van der Waals surface area (Å²) in [5, 5.41) is 0. The van der Waals surface area contributed by atoms with Gasteiger partial charge in [-0.2, -0.15) is 0 Å². The van der Waals surface area contributed by atoms with Crippen LogP contribution in [-0.4, -0.2) is 42.9 Å². The van der Waals surface area contributed by atoms with Crippen molar-refractivity contribution in [3.8, 4) is 0 Å². The van der Waals surface area contributed by atoms with Gasteiger partial charge in [0.2, 0.25) is 5.95 Å². The molecule has 2 aliphatic rings. The summed E-state index contributed by atoms with van der Waals surface area (Å²) < 4.78 is 10.7. The van der Waals surface area contributed by atoms with Crippen LogP contribution < -0.4 is 4.90 Å². The summed E-state index contributed by atoms with van der Waals surface area (Å²) in [6.07, 6.45) is 2.79. The summed E-state index contributed by atoms with van der Waals surface area (Å²) in [6.45, 7) is 4.73.